The molecule has 0 bridgehead atoms. The molecule has 0 aromatic carbocycles. The molecule has 18 heavy (non-hydrogen) atoms. The highest BCUT2D eigenvalue weighted by molar-refractivity contribution is 5.76. The van der Waals surface area contributed by atoms with Gasteiger partial charge in [-0.05, 0) is 39.2 Å². The lowest BCUT2D eigenvalue weighted by Gasteiger charge is -2.34. The fourth-order valence-corrected chi connectivity index (χ4v) is 2.83. The Morgan fingerprint density at radius 2 is 1.83 bits per heavy atom. The van der Waals surface area contributed by atoms with Gasteiger partial charge in [-0.25, -0.2) is 0 Å². The summed E-state index contributed by atoms with van der Waals surface area (Å²) >= 11 is 0. The highest BCUT2D eigenvalue weighted by Gasteiger charge is 2.25. The van der Waals surface area contributed by atoms with Crippen LogP contribution < -0.4 is 5.32 Å². The Bertz CT molecular complexity index is 235. The molecule has 1 N–H and O–H groups in total. The second-order valence-electron chi connectivity index (χ2n) is 5.61. The van der Waals surface area contributed by atoms with Crippen molar-refractivity contribution in [2.45, 2.75) is 76.8 Å². The predicted molar refractivity (Wildman–Crippen MR) is 76.6 cm³/mol. The Hall–Kier alpha value is -0.570. The van der Waals surface area contributed by atoms with Crippen LogP contribution in [0.4, 0.5) is 0 Å². The first-order chi connectivity index (χ1) is 8.69. The van der Waals surface area contributed by atoms with E-state index in [1.807, 2.05) is 19.0 Å². The van der Waals surface area contributed by atoms with Crippen molar-refractivity contribution in [3.63, 3.8) is 0 Å². The lowest BCUT2D eigenvalue weighted by molar-refractivity contribution is -0.132. The molecule has 0 aromatic heterocycles. The molecule has 1 aliphatic carbocycles. The SMILES string of the molecule is CCCCCCC(=O)N(C)C1CCC(NC)CC1. The summed E-state index contributed by atoms with van der Waals surface area (Å²) in [5, 5.41) is 3.34. The van der Waals surface area contributed by atoms with Crippen LogP contribution in [0.2, 0.25) is 0 Å². The quantitative estimate of drug-likeness (QED) is 0.708. The van der Waals surface area contributed by atoms with Gasteiger partial charge in [0, 0.05) is 25.6 Å². The second-order valence-corrected chi connectivity index (χ2v) is 5.61. The van der Waals surface area contributed by atoms with Crippen LogP contribution in [0.1, 0.15) is 64.7 Å². The molecule has 1 saturated carbocycles. The Morgan fingerprint density at radius 1 is 1.17 bits per heavy atom. The topological polar surface area (TPSA) is 32.3 Å². The fourth-order valence-electron chi connectivity index (χ4n) is 2.83. The molecule has 1 rings (SSSR count). The summed E-state index contributed by atoms with van der Waals surface area (Å²) in [6, 6.07) is 1.14. The number of hydrogen-bond donors (Lipinski definition) is 1. The van der Waals surface area contributed by atoms with Crippen LogP contribution in [-0.4, -0.2) is 37.0 Å². The third kappa shape index (κ3) is 4.97. The van der Waals surface area contributed by atoms with E-state index in [0.29, 0.717) is 18.0 Å². The van der Waals surface area contributed by atoms with Gasteiger partial charge in [-0.15, -0.1) is 0 Å². The van der Waals surface area contributed by atoms with Gasteiger partial charge in [0.05, 0.1) is 0 Å². The van der Waals surface area contributed by atoms with E-state index in [-0.39, 0.29) is 0 Å². The van der Waals surface area contributed by atoms with Crippen LogP contribution in [0.25, 0.3) is 0 Å². The highest BCUT2D eigenvalue weighted by Crippen LogP contribution is 2.23. The van der Waals surface area contributed by atoms with Crippen LogP contribution >= 0.6 is 0 Å². The van der Waals surface area contributed by atoms with E-state index in [1.165, 1.54) is 32.1 Å². The third-order valence-electron chi connectivity index (χ3n) is 4.29. The average molecular weight is 254 g/mol. The van der Waals surface area contributed by atoms with Gasteiger partial charge in [-0.1, -0.05) is 26.2 Å². The van der Waals surface area contributed by atoms with Crippen molar-refractivity contribution in [2.24, 2.45) is 0 Å². The minimum absolute atomic E-state index is 0.346. The maximum atomic E-state index is 12.1. The summed E-state index contributed by atoms with van der Waals surface area (Å²) in [5.41, 5.74) is 0. The van der Waals surface area contributed by atoms with Crippen LogP contribution in [0.15, 0.2) is 0 Å². The van der Waals surface area contributed by atoms with Gasteiger partial charge in [0.25, 0.3) is 0 Å². The zero-order valence-electron chi connectivity index (χ0n) is 12.4. The molecular formula is C15H30N2O. The van der Waals surface area contributed by atoms with E-state index >= 15 is 0 Å². The predicted octanol–water partition coefficient (Wildman–Crippen LogP) is 2.95. The van der Waals surface area contributed by atoms with Gasteiger partial charge >= 0.3 is 0 Å². The van der Waals surface area contributed by atoms with E-state index in [0.717, 1.165) is 25.7 Å². The molecule has 0 spiro atoms. The van der Waals surface area contributed by atoms with Crippen molar-refractivity contribution in [1.82, 2.24) is 10.2 Å². The summed E-state index contributed by atoms with van der Waals surface area (Å²) in [5.74, 6) is 0.346. The van der Waals surface area contributed by atoms with E-state index in [2.05, 4.69) is 12.2 Å². The Kier molecular flexibility index (Phi) is 7.33. The standard InChI is InChI=1S/C15H30N2O/c1-4-5-6-7-8-15(18)17(3)14-11-9-13(16-2)10-12-14/h13-14,16H,4-12H2,1-3H3. The first-order valence-electron chi connectivity index (χ1n) is 7.62. The number of amides is 1. The molecule has 3 heteroatoms. The molecule has 1 amide bonds. The van der Waals surface area contributed by atoms with Gasteiger partial charge < -0.3 is 10.2 Å². The van der Waals surface area contributed by atoms with Crippen LogP contribution in [-0.2, 0) is 4.79 Å². The highest BCUT2D eigenvalue weighted by atomic mass is 16.2. The minimum Gasteiger partial charge on any atom is -0.343 e. The third-order valence-corrected chi connectivity index (χ3v) is 4.29. The number of nitrogens with one attached hydrogen (secondary N) is 1. The van der Waals surface area contributed by atoms with Gasteiger partial charge in [0.15, 0.2) is 0 Å². The van der Waals surface area contributed by atoms with Crippen molar-refractivity contribution < 1.29 is 4.79 Å². The molecule has 0 atom stereocenters. The molecule has 0 aromatic rings. The number of hydrogen-bond acceptors (Lipinski definition) is 2. The molecule has 0 saturated heterocycles. The fraction of sp³-hybridized carbons (Fsp3) is 0.933. The first kappa shape index (κ1) is 15.5. The monoisotopic (exact) mass is 254 g/mol. The number of rotatable bonds is 7. The van der Waals surface area contributed by atoms with Crippen LogP contribution in [0.3, 0.4) is 0 Å². The van der Waals surface area contributed by atoms with E-state index in [9.17, 15) is 4.79 Å². The van der Waals surface area contributed by atoms with E-state index < -0.39 is 0 Å². The summed E-state index contributed by atoms with van der Waals surface area (Å²) in [6.07, 6.45) is 10.2. The molecule has 0 heterocycles. The van der Waals surface area contributed by atoms with Gasteiger partial charge in [-0.3, -0.25) is 4.79 Å². The second kappa shape index (κ2) is 8.52. The van der Waals surface area contributed by atoms with E-state index in [4.69, 9.17) is 0 Å². The molecule has 0 radical (unpaired) electrons. The molecule has 1 fully saturated rings. The van der Waals surface area contributed by atoms with E-state index in [1.54, 1.807) is 0 Å². The summed E-state index contributed by atoms with van der Waals surface area (Å²) in [6.45, 7) is 2.20. The Morgan fingerprint density at radius 3 is 2.39 bits per heavy atom. The average Bonchev–Trinajstić information content (AvgIpc) is 2.42. The zero-order valence-corrected chi connectivity index (χ0v) is 12.4. The van der Waals surface area contributed by atoms with Crippen molar-refractivity contribution in [3.05, 3.63) is 0 Å². The maximum absolute atomic E-state index is 12.1. The number of unbranched alkanes of at least 4 members (excludes halogenated alkanes) is 3. The minimum atomic E-state index is 0.346. The molecule has 1 aliphatic rings. The van der Waals surface area contributed by atoms with Crippen LogP contribution in [0.5, 0.6) is 0 Å². The van der Waals surface area contributed by atoms with Crippen LogP contribution in [0, 0.1) is 0 Å². The Labute approximate surface area is 112 Å². The normalized spacial score (nSPS) is 23.9. The van der Waals surface area contributed by atoms with Crippen molar-refractivity contribution >= 4 is 5.91 Å². The molecule has 106 valence electrons. The largest absolute Gasteiger partial charge is 0.343 e. The molecular weight excluding hydrogens is 224 g/mol. The summed E-state index contributed by atoms with van der Waals surface area (Å²) in [4.78, 5) is 14.1. The van der Waals surface area contributed by atoms with Gasteiger partial charge in [-0.2, -0.15) is 0 Å². The molecule has 0 aliphatic heterocycles. The molecule has 0 unspecified atom stereocenters. The lowest BCUT2D eigenvalue weighted by atomic mass is 9.90. The van der Waals surface area contributed by atoms with Gasteiger partial charge in [0.1, 0.15) is 0 Å². The Balaban J connectivity index is 2.22. The zero-order chi connectivity index (χ0) is 13.4. The number of carbonyl (C=O) groups is 1. The van der Waals surface area contributed by atoms with Crippen molar-refractivity contribution in [2.75, 3.05) is 14.1 Å². The lowest BCUT2D eigenvalue weighted by Crippen LogP contribution is -2.42. The first-order valence-corrected chi connectivity index (χ1v) is 7.62. The smallest absolute Gasteiger partial charge is 0.222 e. The number of carbonyl (C=O) groups excluding carboxylic acids is 1. The summed E-state index contributed by atoms with van der Waals surface area (Å²) < 4.78 is 0. The molecule has 3 nitrogen and oxygen atoms in total. The maximum Gasteiger partial charge on any atom is 0.222 e. The van der Waals surface area contributed by atoms with Crippen molar-refractivity contribution in [3.8, 4) is 0 Å². The summed E-state index contributed by atoms with van der Waals surface area (Å²) in [7, 11) is 4.03. The number of nitrogens with zero attached hydrogens (tertiary/aromatic N) is 1. The van der Waals surface area contributed by atoms with Gasteiger partial charge in [0.2, 0.25) is 5.91 Å². The van der Waals surface area contributed by atoms with Crippen molar-refractivity contribution in [1.29, 1.82) is 0 Å².